The smallest absolute Gasteiger partial charge is 0.267 e. The van der Waals surface area contributed by atoms with Crippen molar-refractivity contribution in [3.05, 3.63) is 58.9 Å². The molecule has 5 nitrogen and oxygen atoms in total. The van der Waals surface area contributed by atoms with Crippen molar-refractivity contribution in [1.82, 2.24) is 15.2 Å². The number of carbonyl (C=O) groups excluding carboxylic acids is 1. The molecule has 1 fully saturated rings. The number of aliphatic hydroxyl groups is 1. The van der Waals surface area contributed by atoms with Crippen molar-refractivity contribution in [3.63, 3.8) is 0 Å². The Morgan fingerprint density at radius 1 is 1.39 bits per heavy atom. The summed E-state index contributed by atoms with van der Waals surface area (Å²) in [4.78, 5) is 17.1. The number of hydrogen-bond donors (Lipinski definition) is 3. The Balaban J connectivity index is 1.58. The molecule has 0 aliphatic carbocycles. The molecule has 2 aromatic rings. The average Bonchev–Trinajstić information content (AvgIpc) is 3.12. The summed E-state index contributed by atoms with van der Waals surface area (Å²) in [5.41, 5.74) is 1.65. The summed E-state index contributed by atoms with van der Waals surface area (Å²) in [7, 11) is 0. The van der Waals surface area contributed by atoms with Crippen molar-refractivity contribution < 1.29 is 9.90 Å². The molecule has 2 unspecified atom stereocenters. The van der Waals surface area contributed by atoms with E-state index in [1.807, 2.05) is 18.2 Å². The third-order valence-electron chi connectivity index (χ3n) is 4.12. The number of aromatic amines is 1. The van der Waals surface area contributed by atoms with Gasteiger partial charge in [0.05, 0.1) is 11.1 Å². The van der Waals surface area contributed by atoms with Crippen molar-refractivity contribution in [2.45, 2.75) is 25.1 Å². The van der Waals surface area contributed by atoms with Gasteiger partial charge in [-0.05, 0) is 18.1 Å². The van der Waals surface area contributed by atoms with Gasteiger partial charge in [-0.1, -0.05) is 41.9 Å². The van der Waals surface area contributed by atoms with E-state index in [1.165, 1.54) is 5.56 Å². The summed E-state index contributed by atoms with van der Waals surface area (Å²) in [6, 6.07) is 11.9. The first-order valence-corrected chi connectivity index (χ1v) is 8.08. The number of likely N-dealkylation sites (tertiary alicyclic amines) is 1. The topological polar surface area (TPSA) is 68.4 Å². The molecule has 1 saturated heterocycles. The van der Waals surface area contributed by atoms with E-state index in [1.54, 1.807) is 12.3 Å². The van der Waals surface area contributed by atoms with Gasteiger partial charge in [0.15, 0.2) is 0 Å². The van der Waals surface area contributed by atoms with Gasteiger partial charge < -0.3 is 15.4 Å². The molecule has 2 heterocycles. The van der Waals surface area contributed by atoms with E-state index in [-0.39, 0.29) is 18.1 Å². The molecular weight excluding hydrogens is 314 g/mol. The maximum Gasteiger partial charge on any atom is 0.267 e. The van der Waals surface area contributed by atoms with Crippen molar-refractivity contribution in [2.75, 3.05) is 13.1 Å². The van der Waals surface area contributed by atoms with Gasteiger partial charge in [0.25, 0.3) is 5.91 Å². The van der Waals surface area contributed by atoms with Crippen LogP contribution in [0.1, 0.15) is 22.5 Å². The van der Waals surface area contributed by atoms with Crippen molar-refractivity contribution in [1.29, 1.82) is 0 Å². The molecule has 1 amide bonds. The number of nitrogens with one attached hydrogen (secondary N) is 2. The fraction of sp³-hybridized carbons (Fsp3) is 0.353. The summed E-state index contributed by atoms with van der Waals surface area (Å²) in [5, 5.41) is 13.4. The monoisotopic (exact) mass is 333 g/mol. The van der Waals surface area contributed by atoms with E-state index in [2.05, 4.69) is 27.3 Å². The number of hydrogen-bond acceptors (Lipinski definition) is 3. The third-order valence-corrected chi connectivity index (χ3v) is 4.34. The minimum absolute atomic E-state index is 0.125. The maximum atomic E-state index is 12.1. The quantitative estimate of drug-likeness (QED) is 0.784. The zero-order valence-electron chi connectivity index (χ0n) is 12.7. The van der Waals surface area contributed by atoms with Gasteiger partial charge in [0, 0.05) is 31.9 Å². The summed E-state index contributed by atoms with van der Waals surface area (Å²) in [5.74, 6) is -0.182. The fourth-order valence-electron chi connectivity index (χ4n) is 2.99. The molecule has 122 valence electrons. The van der Waals surface area contributed by atoms with Crippen molar-refractivity contribution >= 4 is 17.5 Å². The Morgan fingerprint density at radius 3 is 2.87 bits per heavy atom. The number of aliphatic hydroxyl groups excluding tert-OH is 1. The highest BCUT2D eigenvalue weighted by atomic mass is 35.5. The number of nitrogens with zero attached hydrogens (tertiary/aromatic N) is 1. The Hall–Kier alpha value is -1.82. The van der Waals surface area contributed by atoms with E-state index in [0.717, 1.165) is 6.54 Å². The second-order valence-corrected chi connectivity index (χ2v) is 6.34. The van der Waals surface area contributed by atoms with E-state index in [0.29, 0.717) is 30.2 Å². The Bertz CT molecular complexity index is 659. The highest BCUT2D eigenvalue weighted by Gasteiger charge is 2.31. The van der Waals surface area contributed by atoms with E-state index in [9.17, 15) is 9.90 Å². The largest absolute Gasteiger partial charge is 0.392 e. The number of carbonyl (C=O) groups is 1. The van der Waals surface area contributed by atoms with Crippen LogP contribution in [0.4, 0.5) is 0 Å². The lowest BCUT2D eigenvalue weighted by molar-refractivity contribution is 0.0935. The zero-order chi connectivity index (χ0) is 16.2. The molecule has 3 N–H and O–H groups in total. The molecule has 6 heteroatoms. The number of halogens is 1. The number of aromatic nitrogens is 1. The molecule has 1 aliphatic rings. The van der Waals surface area contributed by atoms with Crippen LogP contribution in [0.15, 0.2) is 42.6 Å². The first-order chi connectivity index (χ1) is 11.1. The third kappa shape index (κ3) is 4.13. The minimum Gasteiger partial charge on any atom is -0.392 e. The zero-order valence-corrected chi connectivity index (χ0v) is 13.5. The van der Waals surface area contributed by atoms with Crippen LogP contribution in [0.5, 0.6) is 0 Å². The van der Waals surface area contributed by atoms with E-state index < -0.39 is 0 Å². The van der Waals surface area contributed by atoms with Crippen molar-refractivity contribution in [3.8, 4) is 0 Å². The van der Waals surface area contributed by atoms with Crippen LogP contribution in [0, 0.1) is 0 Å². The summed E-state index contributed by atoms with van der Waals surface area (Å²) < 4.78 is 0. The Labute approximate surface area is 140 Å². The lowest BCUT2D eigenvalue weighted by Gasteiger charge is -2.24. The molecule has 0 radical (unpaired) electrons. The summed E-state index contributed by atoms with van der Waals surface area (Å²) in [6.07, 6.45) is 1.90. The number of amides is 1. The summed E-state index contributed by atoms with van der Waals surface area (Å²) in [6.45, 7) is 1.90. The first-order valence-electron chi connectivity index (χ1n) is 7.70. The van der Waals surface area contributed by atoms with Gasteiger partial charge in [-0.25, -0.2) is 0 Å². The van der Waals surface area contributed by atoms with Crippen LogP contribution in [0.25, 0.3) is 0 Å². The van der Waals surface area contributed by atoms with Crippen molar-refractivity contribution in [2.24, 2.45) is 0 Å². The second kappa shape index (κ2) is 7.17. The molecule has 3 rings (SSSR count). The second-order valence-electron chi connectivity index (χ2n) is 5.90. The Morgan fingerprint density at radius 2 is 2.17 bits per heavy atom. The predicted molar refractivity (Wildman–Crippen MR) is 89.4 cm³/mol. The highest BCUT2D eigenvalue weighted by molar-refractivity contribution is 6.30. The molecule has 0 bridgehead atoms. The van der Waals surface area contributed by atoms with Gasteiger partial charge in [0.1, 0.15) is 5.69 Å². The maximum absolute atomic E-state index is 12.1. The molecule has 0 spiro atoms. The minimum atomic E-state index is -0.347. The molecule has 1 aliphatic heterocycles. The van der Waals surface area contributed by atoms with Gasteiger partial charge in [-0.3, -0.25) is 9.69 Å². The number of rotatable bonds is 5. The van der Waals surface area contributed by atoms with Crippen LogP contribution in [0.2, 0.25) is 5.02 Å². The van der Waals surface area contributed by atoms with Crippen LogP contribution < -0.4 is 5.32 Å². The van der Waals surface area contributed by atoms with Gasteiger partial charge >= 0.3 is 0 Å². The lowest BCUT2D eigenvalue weighted by Crippen LogP contribution is -2.39. The molecule has 1 aromatic carbocycles. The normalized spacial score (nSPS) is 21.5. The SMILES string of the molecule is O=C(NCC1CC(O)CN1Cc1ccccc1)c1cc(Cl)c[nH]1. The van der Waals surface area contributed by atoms with Crippen LogP contribution in [-0.4, -0.2) is 46.1 Å². The summed E-state index contributed by atoms with van der Waals surface area (Å²) >= 11 is 5.81. The number of β-amino-alcohol motifs (C(OH)–C–C–N with tert-alkyl or cyclic N) is 1. The molecule has 1 aromatic heterocycles. The predicted octanol–water partition coefficient (Wildman–Crippen LogP) is 2.03. The lowest BCUT2D eigenvalue weighted by atomic mass is 10.1. The van der Waals surface area contributed by atoms with Gasteiger partial charge in [-0.15, -0.1) is 0 Å². The first kappa shape index (κ1) is 16.1. The molecular formula is C17H20ClN3O2. The van der Waals surface area contributed by atoms with Crippen LogP contribution in [-0.2, 0) is 6.54 Å². The standard InChI is InChI=1S/C17H20ClN3O2/c18-13-6-16(19-8-13)17(23)20-9-14-7-15(22)11-21(14)10-12-4-2-1-3-5-12/h1-6,8,14-15,19,22H,7,9-11H2,(H,20,23). The fourth-order valence-corrected chi connectivity index (χ4v) is 3.15. The van der Waals surface area contributed by atoms with Gasteiger partial charge in [-0.2, -0.15) is 0 Å². The van der Waals surface area contributed by atoms with Crippen LogP contribution in [0.3, 0.4) is 0 Å². The average molecular weight is 334 g/mol. The highest BCUT2D eigenvalue weighted by Crippen LogP contribution is 2.20. The van der Waals surface area contributed by atoms with Crippen LogP contribution >= 0.6 is 11.6 Å². The molecule has 23 heavy (non-hydrogen) atoms. The van der Waals surface area contributed by atoms with Gasteiger partial charge in [0.2, 0.25) is 0 Å². The molecule has 2 atom stereocenters. The van der Waals surface area contributed by atoms with E-state index in [4.69, 9.17) is 11.6 Å². The van der Waals surface area contributed by atoms with E-state index >= 15 is 0 Å². The Kier molecular flexibility index (Phi) is 5.00. The number of H-pyrrole nitrogens is 1. The number of benzene rings is 1. The molecule has 0 saturated carbocycles.